The molecule has 0 radical (unpaired) electrons. The van der Waals surface area contributed by atoms with Crippen LogP contribution in [0.15, 0.2) is 42.6 Å². The fourth-order valence-electron chi connectivity index (χ4n) is 3.30. The molecule has 23 heavy (non-hydrogen) atoms. The van der Waals surface area contributed by atoms with Gasteiger partial charge in [-0.2, -0.15) is 0 Å². The summed E-state index contributed by atoms with van der Waals surface area (Å²) >= 11 is 0. The minimum atomic E-state index is 0.337. The van der Waals surface area contributed by atoms with Gasteiger partial charge in [-0.1, -0.05) is 29.8 Å². The summed E-state index contributed by atoms with van der Waals surface area (Å²) < 4.78 is 8.00. The second-order valence-corrected chi connectivity index (χ2v) is 6.28. The lowest BCUT2D eigenvalue weighted by Gasteiger charge is -2.25. The van der Waals surface area contributed by atoms with Gasteiger partial charge in [0.15, 0.2) is 5.65 Å². The Morgan fingerprint density at radius 2 is 2.09 bits per heavy atom. The first-order chi connectivity index (χ1) is 11.3. The van der Waals surface area contributed by atoms with Crippen molar-refractivity contribution in [3.8, 4) is 0 Å². The van der Waals surface area contributed by atoms with Gasteiger partial charge in [-0.15, -0.1) is 0 Å². The molecule has 4 nitrogen and oxygen atoms in total. The summed E-state index contributed by atoms with van der Waals surface area (Å²) in [5.41, 5.74) is 4.51. The van der Waals surface area contributed by atoms with Crippen molar-refractivity contribution in [1.82, 2.24) is 14.5 Å². The summed E-state index contributed by atoms with van der Waals surface area (Å²) in [7, 11) is 0. The van der Waals surface area contributed by atoms with E-state index in [4.69, 9.17) is 9.72 Å². The molecule has 1 atom stereocenters. The molecule has 0 bridgehead atoms. The van der Waals surface area contributed by atoms with Crippen LogP contribution < -0.4 is 0 Å². The predicted molar refractivity (Wildman–Crippen MR) is 90.6 cm³/mol. The first-order valence-electron chi connectivity index (χ1n) is 8.26. The van der Waals surface area contributed by atoms with Gasteiger partial charge >= 0.3 is 0 Å². The minimum Gasteiger partial charge on any atom is -0.379 e. The maximum atomic E-state index is 5.70. The summed E-state index contributed by atoms with van der Waals surface area (Å²) in [6.45, 7) is 3.73. The van der Waals surface area contributed by atoms with Crippen LogP contribution in [0.4, 0.5) is 0 Å². The zero-order valence-electron chi connectivity index (χ0n) is 13.4. The van der Waals surface area contributed by atoms with Gasteiger partial charge in [0.2, 0.25) is 0 Å². The quantitative estimate of drug-likeness (QED) is 0.741. The number of rotatable bonds is 3. The summed E-state index contributed by atoms with van der Waals surface area (Å²) in [5.74, 6) is 1.08. The Balaban J connectivity index is 1.76. The predicted octanol–water partition coefficient (Wildman–Crippen LogP) is 3.68. The maximum absolute atomic E-state index is 5.70. The number of nitrogens with zero attached hydrogens (tertiary/aromatic N) is 3. The molecule has 0 aliphatic carbocycles. The molecule has 3 aromatic rings. The van der Waals surface area contributed by atoms with Crippen molar-refractivity contribution in [3.63, 3.8) is 0 Å². The number of benzene rings is 1. The lowest BCUT2D eigenvalue weighted by molar-refractivity contribution is 0.0595. The molecule has 1 fully saturated rings. The van der Waals surface area contributed by atoms with Gasteiger partial charge in [0.25, 0.3) is 0 Å². The molecule has 0 saturated carbocycles. The van der Waals surface area contributed by atoms with Crippen LogP contribution in [0.2, 0.25) is 0 Å². The molecule has 1 unspecified atom stereocenters. The van der Waals surface area contributed by atoms with Gasteiger partial charge in [-0.3, -0.25) is 0 Å². The van der Waals surface area contributed by atoms with Crippen LogP contribution in [0.3, 0.4) is 0 Å². The van der Waals surface area contributed by atoms with E-state index in [1.165, 1.54) is 11.1 Å². The van der Waals surface area contributed by atoms with Crippen molar-refractivity contribution in [3.05, 3.63) is 59.5 Å². The van der Waals surface area contributed by atoms with Crippen molar-refractivity contribution in [1.29, 1.82) is 0 Å². The summed E-state index contributed by atoms with van der Waals surface area (Å²) in [6.07, 6.45) is 4.90. The number of aryl methyl sites for hydroxylation is 1. The van der Waals surface area contributed by atoms with Crippen LogP contribution in [0, 0.1) is 6.92 Å². The first-order valence-corrected chi connectivity index (χ1v) is 8.26. The highest BCUT2D eigenvalue weighted by atomic mass is 16.5. The molecule has 1 aliphatic rings. The Morgan fingerprint density at radius 1 is 1.22 bits per heavy atom. The second kappa shape index (κ2) is 6.13. The van der Waals surface area contributed by atoms with Crippen LogP contribution in [0.5, 0.6) is 0 Å². The Labute approximate surface area is 136 Å². The highest BCUT2D eigenvalue weighted by Crippen LogP contribution is 2.27. The molecule has 0 amide bonds. The van der Waals surface area contributed by atoms with Gasteiger partial charge in [0.05, 0.1) is 12.6 Å². The fourth-order valence-corrected chi connectivity index (χ4v) is 3.30. The third-order valence-corrected chi connectivity index (χ3v) is 4.51. The smallest absolute Gasteiger partial charge is 0.160 e. The van der Waals surface area contributed by atoms with Crippen LogP contribution in [0.1, 0.15) is 35.8 Å². The van der Waals surface area contributed by atoms with Gasteiger partial charge in [-0.25, -0.2) is 9.97 Å². The SMILES string of the molecule is Cc1ccc(Cc2nc3cccnc3n2C2CCCOC2)cc1. The fraction of sp³-hybridized carbons (Fsp3) is 0.368. The van der Waals surface area contributed by atoms with Gasteiger partial charge in [0, 0.05) is 19.2 Å². The zero-order chi connectivity index (χ0) is 15.6. The number of fused-ring (bicyclic) bond motifs is 1. The lowest BCUT2D eigenvalue weighted by Crippen LogP contribution is -2.23. The van der Waals surface area contributed by atoms with Crippen molar-refractivity contribution in [2.45, 2.75) is 32.2 Å². The molecule has 0 spiro atoms. The van der Waals surface area contributed by atoms with E-state index in [0.717, 1.165) is 49.5 Å². The molecule has 118 valence electrons. The molecule has 1 saturated heterocycles. The highest BCUT2D eigenvalue weighted by Gasteiger charge is 2.22. The first kappa shape index (κ1) is 14.4. The highest BCUT2D eigenvalue weighted by molar-refractivity contribution is 5.71. The van der Waals surface area contributed by atoms with Crippen molar-refractivity contribution < 1.29 is 4.74 Å². The molecular weight excluding hydrogens is 286 g/mol. The number of imidazole rings is 1. The molecule has 2 aromatic heterocycles. The molecule has 0 N–H and O–H groups in total. The van der Waals surface area contributed by atoms with E-state index in [1.807, 2.05) is 18.3 Å². The third kappa shape index (κ3) is 2.86. The van der Waals surface area contributed by atoms with Crippen molar-refractivity contribution in [2.24, 2.45) is 0 Å². The molecular formula is C19H21N3O. The van der Waals surface area contributed by atoms with E-state index in [9.17, 15) is 0 Å². The van der Waals surface area contributed by atoms with Gasteiger partial charge in [-0.05, 0) is 37.5 Å². The molecule has 3 heterocycles. The minimum absolute atomic E-state index is 0.337. The largest absolute Gasteiger partial charge is 0.379 e. The third-order valence-electron chi connectivity index (χ3n) is 4.51. The number of ether oxygens (including phenoxy) is 1. The lowest BCUT2D eigenvalue weighted by atomic mass is 10.1. The number of hydrogen-bond acceptors (Lipinski definition) is 3. The topological polar surface area (TPSA) is 39.9 Å². The van der Waals surface area contributed by atoms with Crippen LogP contribution >= 0.6 is 0 Å². The Bertz CT molecular complexity index is 801. The maximum Gasteiger partial charge on any atom is 0.160 e. The van der Waals surface area contributed by atoms with Crippen LogP contribution in [0.25, 0.3) is 11.2 Å². The summed E-state index contributed by atoms with van der Waals surface area (Å²) in [6, 6.07) is 13.0. The number of pyridine rings is 1. The Morgan fingerprint density at radius 3 is 2.87 bits per heavy atom. The Kier molecular flexibility index (Phi) is 3.83. The zero-order valence-corrected chi connectivity index (χ0v) is 13.4. The van der Waals surface area contributed by atoms with E-state index in [0.29, 0.717) is 6.04 Å². The van der Waals surface area contributed by atoms with Crippen LogP contribution in [-0.2, 0) is 11.2 Å². The van der Waals surface area contributed by atoms with Crippen molar-refractivity contribution in [2.75, 3.05) is 13.2 Å². The Hall–Kier alpha value is -2.20. The van der Waals surface area contributed by atoms with E-state index >= 15 is 0 Å². The average molecular weight is 307 g/mol. The normalized spacial score (nSPS) is 18.4. The van der Waals surface area contributed by atoms with Crippen LogP contribution in [-0.4, -0.2) is 27.7 Å². The van der Waals surface area contributed by atoms with E-state index in [2.05, 4.69) is 40.7 Å². The standard InChI is InChI=1S/C19H21N3O/c1-14-6-8-15(9-7-14)12-18-21-17-5-2-10-20-19(17)22(18)16-4-3-11-23-13-16/h2,5-10,16H,3-4,11-13H2,1H3. The summed E-state index contributed by atoms with van der Waals surface area (Å²) in [5, 5.41) is 0. The molecule has 4 heteroatoms. The second-order valence-electron chi connectivity index (χ2n) is 6.28. The van der Waals surface area contributed by atoms with E-state index in [-0.39, 0.29) is 0 Å². The van der Waals surface area contributed by atoms with Gasteiger partial charge < -0.3 is 9.30 Å². The van der Waals surface area contributed by atoms with Gasteiger partial charge in [0.1, 0.15) is 11.3 Å². The molecule has 1 aliphatic heterocycles. The van der Waals surface area contributed by atoms with E-state index < -0.39 is 0 Å². The van der Waals surface area contributed by atoms with E-state index in [1.54, 1.807) is 0 Å². The van der Waals surface area contributed by atoms with Crippen molar-refractivity contribution >= 4 is 11.2 Å². The molecule has 4 rings (SSSR count). The molecule has 1 aromatic carbocycles. The monoisotopic (exact) mass is 307 g/mol. The number of aromatic nitrogens is 3. The summed E-state index contributed by atoms with van der Waals surface area (Å²) in [4.78, 5) is 9.43. The number of hydrogen-bond donors (Lipinski definition) is 0. The average Bonchev–Trinajstić information content (AvgIpc) is 2.95.